The van der Waals surface area contributed by atoms with Gasteiger partial charge in [0.2, 0.25) is 0 Å². The number of amides is 1. The molecule has 11 heteroatoms. The molecule has 2 N–H and O–H groups in total. The van der Waals surface area contributed by atoms with Crippen molar-refractivity contribution in [3.05, 3.63) is 29.3 Å². The number of hydrogen-bond donors (Lipinski definition) is 1. The van der Waals surface area contributed by atoms with Gasteiger partial charge < -0.3 is 15.4 Å². The Hall–Kier alpha value is -2.17. The Labute approximate surface area is 169 Å². The van der Waals surface area contributed by atoms with E-state index in [0.29, 0.717) is 38.3 Å². The minimum absolute atomic E-state index is 0.0847. The van der Waals surface area contributed by atoms with Crippen molar-refractivity contribution in [1.29, 1.82) is 0 Å². The number of nitrogen functional groups attached to an aromatic ring is 1. The first kappa shape index (κ1) is 22.5. The van der Waals surface area contributed by atoms with Crippen LogP contribution in [0.15, 0.2) is 18.2 Å². The maximum atomic E-state index is 12.7. The molecule has 0 radical (unpaired) electrons. The molecule has 1 aromatic carbocycles. The molecular formula is C19H23F6N3O2. The quantitative estimate of drug-likeness (QED) is 0.565. The summed E-state index contributed by atoms with van der Waals surface area (Å²) in [6.45, 7) is 3.19. The van der Waals surface area contributed by atoms with E-state index in [1.165, 1.54) is 11.0 Å². The fraction of sp³-hybridized carbons (Fsp3) is 0.632. The smallest absolute Gasteiger partial charge is 0.425 e. The predicted molar refractivity (Wildman–Crippen MR) is 96.4 cm³/mol. The number of carbonyl (C=O) groups excluding carboxylic acids is 1. The fourth-order valence-corrected chi connectivity index (χ4v) is 3.84. The highest BCUT2D eigenvalue weighted by molar-refractivity contribution is 5.69. The molecule has 0 aliphatic carbocycles. The van der Waals surface area contributed by atoms with Gasteiger partial charge in [-0.1, -0.05) is 6.07 Å². The monoisotopic (exact) mass is 439 g/mol. The first-order chi connectivity index (χ1) is 13.8. The van der Waals surface area contributed by atoms with Crippen molar-refractivity contribution in [3.63, 3.8) is 0 Å². The molecular weight excluding hydrogens is 416 g/mol. The van der Waals surface area contributed by atoms with E-state index >= 15 is 0 Å². The average Bonchev–Trinajstić information content (AvgIpc) is 2.60. The number of hydrogen-bond acceptors (Lipinski definition) is 4. The Morgan fingerprint density at radius 3 is 2.27 bits per heavy atom. The second-order valence-corrected chi connectivity index (χ2v) is 8.11. The third kappa shape index (κ3) is 4.93. The van der Waals surface area contributed by atoms with Gasteiger partial charge in [0.05, 0.1) is 5.56 Å². The number of benzene rings is 1. The van der Waals surface area contributed by atoms with Crippen LogP contribution in [0.3, 0.4) is 0 Å². The Morgan fingerprint density at radius 1 is 1.17 bits per heavy atom. The van der Waals surface area contributed by atoms with Crippen LogP contribution in [-0.2, 0) is 17.5 Å². The van der Waals surface area contributed by atoms with Crippen LogP contribution in [0.2, 0.25) is 0 Å². The van der Waals surface area contributed by atoms with E-state index in [9.17, 15) is 31.1 Å². The van der Waals surface area contributed by atoms with Crippen LogP contribution in [0.4, 0.5) is 36.8 Å². The van der Waals surface area contributed by atoms with Gasteiger partial charge in [-0.3, -0.25) is 4.90 Å². The van der Waals surface area contributed by atoms with E-state index in [0.717, 1.165) is 31.9 Å². The number of piperidine rings is 1. The van der Waals surface area contributed by atoms with Gasteiger partial charge in [-0.05, 0) is 50.6 Å². The summed E-state index contributed by atoms with van der Waals surface area (Å²) in [6.07, 6.45) is -10.7. The zero-order valence-electron chi connectivity index (χ0n) is 16.3. The van der Waals surface area contributed by atoms with Gasteiger partial charge in [0.1, 0.15) is 0 Å². The molecule has 1 spiro atoms. The van der Waals surface area contributed by atoms with Crippen molar-refractivity contribution in [3.8, 4) is 0 Å². The van der Waals surface area contributed by atoms with Gasteiger partial charge in [-0.25, -0.2) is 4.79 Å². The summed E-state index contributed by atoms with van der Waals surface area (Å²) >= 11 is 0. The Morgan fingerprint density at radius 2 is 1.77 bits per heavy atom. The summed E-state index contributed by atoms with van der Waals surface area (Å²) in [4.78, 5) is 15.2. The van der Waals surface area contributed by atoms with Gasteiger partial charge >= 0.3 is 18.4 Å². The zero-order chi connectivity index (χ0) is 22.3. The molecule has 30 heavy (non-hydrogen) atoms. The van der Waals surface area contributed by atoms with E-state index in [-0.39, 0.29) is 11.1 Å². The van der Waals surface area contributed by atoms with Crippen molar-refractivity contribution in [2.45, 2.75) is 44.8 Å². The highest BCUT2D eigenvalue weighted by atomic mass is 19.4. The van der Waals surface area contributed by atoms with Crippen LogP contribution in [-0.4, -0.2) is 54.4 Å². The average molecular weight is 439 g/mol. The van der Waals surface area contributed by atoms with E-state index < -0.39 is 30.1 Å². The zero-order valence-corrected chi connectivity index (χ0v) is 16.3. The third-order valence-corrected chi connectivity index (χ3v) is 5.83. The summed E-state index contributed by atoms with van der Waals surface area (Å²) in [5, 5.41) is 0. The normalized spacial score (nSPS) is 20.7. The Balaban J connectivity index is 1.48. The molecule has 1 unspecified atom stereocenters. The Bertz CT molecular complexity index is 779. The van der Waals surface area contributed by atoms with Gasteiger partial charge in [0.15, 0.2) is 6.10 Å². The van der Waals surface area contributed by atoms with Gasteiger partial charge in [0.25, 0.3) is 0 Å². The largest absolute Gasteiger partial charge is 0.437 e. The topological polar surface area (TPSA) is 58.8 Å². The standard InChI is InChI=1S/C19H23F6N3O2/c1-12(18(20,21)22)30-16(29)28-10-17(11-28)4-6-27(7-5-17)9-13-2-3-14(8-15(13)26)19(23,24)25/h2-3,8,12H,4-7,9-11,26H2,1H3. The summed E-state index contributed by atoms with van der Waals surface area (Å²) in [7, 11) is 0. The SMILES string of the molecule is CC(OC(=O)N1CC2(CCN(Cc3ccc(C(F)(F)F)cc3N)CC2)C1)C(F)(F)F. The molecule has 2 saturated heterocycles. The van der Waals surface area contributed by atoms with Crippen LogP contribution in [0.5, 0.6) is 0 Å². The molecule has 2 heterocycles. The summed E-state index contributed by atoms with van der Waals surface area (Å²) < 4.78 is 80.2. The van der Waals surface area contributed by atoms with Gasteiger partial charge in [-0.2, -0.15) is 26.3 Å². The van der Waals surface area contributed by atoms with Crippen molar-refractivity contribution < 1.29 is 35.9 Å². The second kappa shape index (κ2) is 7.82. The lowest BCUT2D eigenvalue weighted by molar-refractivity contribution is -0.202. The number of anilines is 1. The van der Waals surface area contributed by atoms with Crippen LogP contribution >= 0.6 is 0 Å². The fourth-order valence-electron chi connectivity index (χ4n) is 3.84. The predicted octanol–water partition coefficient (Wildman–Crippen LogP) is 4.27. The molecule has 5 nitrogen and oxygen atoms in total. The maximum absolute atomic E-state index is 12.7. The lowest BCUT2D eigenvalue weighted by atomic mass is 9.72. The van der Waals surface area contributed by atoms with Crippen molar-refractivity contribution in [1.82, 2.24) is 9.80 Å². The third-order valence-electron chi connectivity index (χ3n) is 5.83. The molecule has 0 bridgehead atoms. The van der Waals surface area contributed by atoms with E-state index in [1.54, 1.807) is 0 Å². The molecule has 3 rings (SSSR count). The molecule has 0 aromatic heterocycles. The molecule has 2 aliphatic heterocycles. The summed E-state index contributed by atoms with van der Waals surface area (Å²) in [5.74, 6) is 0. The van der Waals surface area contributed by atoms with Crippen molar-refractivity contribution in [2.24, 2.45) is 5.41 Å². The van der Waals surface area contributed by atoms with Crippen LogP contribution in [0.25, 0.3) is 0 Å². The van der Waals surface area contributed by atoms with Crippen LogP contribution < -0.4 is 5.73 Å². The first-order valence-corrected chi connectivity index (χ1v) is 9.49. The highest BCUT2D eigenvalue weighted by Gasteiger charge is 2.49. The van der Waals surface area contributed by atoms with Crippen LogP contribution in [0.1, 0.15) is 30.9 Å². The maximum Gasteiger partial charge on any atom is 0.425 e. The number of halogens is 6. The van der Waals surface area contributed by atoms with Gasteiger partial charge in [-0.15, -0.1) is 0 Å². The molecule has 1 amide bonds. The number of likely N-dealkylation sites (tertiary alicyclic amines) is 2. The summed E-state index contributed by atoms with van der Waals surface area (Å²) in [6, 6.07) is 3.32. The second-order valence-electron chi connectivity index (χ2n) is 8.11. The molecule has 168 valence electrons. The lowest BCUT2D eigenvalue weighted by Gasteiger charge is -2.53. The molecule has 0 saturated carbocycles. The number of rotatable bonds is 3. The molecule has 2 aliphatic rings. The molecule has 1 aromatic rings. The lowest BCUT2D eigenvalue weighted by Crippen LogP contribution is -2.62. The van der Waals surface area contributed by atoms with Crippen molar-refractivity contribution in [2.75, 3.05) is 31.9 Å². The minimum Gasteiger partial charge on any atom is -0.437 e. The minimum atomic E-state index is -4.59. The van der Waals surface area contributed by atoms with Gasteiger partial charge in [0, 0.05) is 30.7 Å². The number of alkyl halides is 6. The highest BCUT2D eigenvalue weighted by Crippen LogP contribution is 2.41. The molecule has 2 fully saturated rings. The number of nitrogens with two attached hydrogens (primary N) is 1. The molecule has 1 atom stereocenters. The van der Waals surface area contributed by atoms with Crippen LogP contribution in [0, 0.1) is 5.41 Å². The van der Waals surface area contributed by atoms with E-state index in [4.69, 9.17) is 5.73 Å². The number of nitrogens with zero attached hydrogens (tertiary/aromatic N) is 2. The summed E-state index contributed by atoms with van der Waals surface area (Å²) in [5.41, 5.74) is 5.54. The van der Waals surface area contributed by atoms with E-state index in [2.05, 4.69) is 9.64 Å². The number of carbonyl (C=O) groups is 1. The Kier molecular flexibility index (Phi) is 5.87. The van der Waals surface area contributed by atoms with Crippen molar-refractivity contribution >= 4 is 11.8 Å². The van der Waals surface area contributed by atoms with E-state index in [1.807, 2.05) is 0 Å². The number of ether oxygens (including phenoxy) is 1. The first-order valence-electron chi connectivity index (χ1n) is 9.49.